The first-order valence-electron chi connectivity index (χ1n) is 4.93. The van der Waals surface area contributed by atoms with Gasteiger partial charge in [-0.25, -0.2) is 4.39 Å². The van der Waals surface area contributed by atoms with Gasteiger partial charge in [0.1, 0.15) is 5.82 Å². The molecule has 0 aromatic heterocycles. The van der Waals surface area contributed by atoms with Crippen LogP contribution in [0.5, 0.6) is 0 Å². The highest BCUT2D eigenvalue weighted by molar-refractivity contribution is 6.35. The Balaban J connectivity index is 2.75. The number of hydrogen-bond acceptors (Lipinski definition) is 2. The van der Waals surface area contributed by atoms with Crippen molar-refractivity contribution in [1.29, 1.82) is 0 Å². The first-order chi connectivity index (χ1) is 7.56. The van der Waals surface area contributed by atoms with Gasteiger partial charge in [-0.2, -0.15) is 0 Å². The Morgan fingerprint density at radius 1 is 1.38 bits per heavy atom. The van der Waals surface area contributed by atoms with Gasteiger partial charge >= 0.3 is 0 Å². The monoisotopic (exact) mass is 265 g/mol. The van der Waals surface area contributed by atoms with E-state index in [1.165, 1.54) is 12.1 Å². The summed E-state index contributed by atoms with van der Waals surface area (Å²) in [4.78, 5) is 0. The molecule has 0 saturated carbocycles. The highest BCUT2D eigenvalue weighted by Gasteiger charge is 2.12. The number of nitrogens with one attached hydrogen (secondary N) is 1. The predicted molar refractivity (Wildman–Crippen MR) is 64.7 cm³/mol. The smallest absolute Gasteiger partial charge is 0.142 e. The Morgan fingerprint density at radius 2 is 2.06 bits per heavy atom. The highest BCUT2D eigenvalue weighted by atomic mass is 35.5. The molecule has 16 heavy (non-hydrogen) atoms. The van der Waals surface area contributed by atoms with Crippen LogP contribution < -0.4 is 5.32 Å². The summed E-state index contributed by atoms with van der Waals surface area (Å²) < 4.78 is 18.2. The summed E-state index contributed by atoms with van der Waals surface area (Å²) in [5.41, 5.74) is 0.694. The normalized spacial score (nSPS) is 12.8. The largest absolute Gasteiger partial charge is 0.383 e. The Bertz CT molecular complexity index is 360. The van der Waals surface area contributed by atoms with Crippen LogP contribution in [-0.2, 0) is 4.74 Å². The third-order valence-electron chi connectivity index (χ3n) is 2.26. The molecular weight excluding hydrogens is 252 g/mol. The van der Waals surface area contributed by atoms with Crippen molar-refractivity contribution in [2.75, 3.05) is 20.3 Å². The van der Waals surface area contributed by atoms with Gasteiger partial charge in [0.25, 0.3) is 0 Å². The lowest BCUT2D eigenvalue weighted by Gasteiger charge is -2.15. The first-order valence-corrected chi connectivity index (χ1v) is 5.68. The minimum absolute atomic E-state index is 0.0397. The zero-order valence-corrected chi connectivity index (χ0v) is 10.7. The third-order valence-corrected chi connectivity index (χ3v) is 2.88. The van der Waals surface area contributed by atoms with Crippen molar-refractivity contribution < 1.29 is 9.13 Å². The Hall–Kier alpha value is -0.350. The van der Waals surface area contributed by atoms with E-state index in [1.54, 1.807) is 7.11 Å². The van der Waals surface area contributed by atoms with E-state index < -0.39 is 5.82 Å². The zero-order chi connectivity index (χ0) is 12.1. The van der Waals surface area contributed by atoms with Gasteiger partial charge in [0.05, 0.1) is 11.6 Å². The fraction of sp³-hybridized carbons (Fsp3) is 0.455. The van der Waals surface area contributed by atoms with E-state index in [0.29, 0.717) is 23.7 Å². The molecule has 0 radical (unpaired) electrons. The van der Waals surface area contributed by atoms with E-state index in [4.69, 9.17) is 27.9 Å². The lowest BCUT2D eigenvalue weighted by molar-refractivity contribution is 0.196. The molecule has 0 aliphatic rings. The molecule has 0 saturated heterocycles. The molecule has 5 heteroatoms. The molecule has 1 N–H and O–H groups in total. The molecule has 90 valence electrons. The van der Waals surface area contributed by atoms with Crippen LogP contribution in [0.25, 0.3) is 0 Å². The highest BCUT2D eigenvalue weighted by Crippen LogP contribution is 2.28. The molecular formula is C11H14Cl2FNO. The minimum atomic E-state index is -0.457. The molecule has 1 aromatic rings. The van der Waals surface area contributed by atoms with E-state index in [2.05, 4.69) is 5.32 Å². The van der Waals surface area contributed by atoms with Crippen LogP contribution in [-0.4, -0.2) is 20.3 Å². The summed E-state index contributed by atoms with van der Waals surface area (Å²) >= 11 is 11.6. The van der Waals surface area contributed by atoms with Gasteiger partial charge in [-0.1, -0.05) is 23.2 Å². The number of rotatable bonds is 5. The molecule has 0 spiro atoms. The lowest BCUT2D eigenvalue weighted by Crippen LogP contribution is -2.23. The van der Waals surface area contributed by atoms with Crippen molar-refractivity contribution in [3.8, 4) is 0 Å². The Morgan fingerprint density at radius 3 is 2.69 bits per heavy atom. The second-order valence-corrected chi connectivity index (χ2v) is 4.27. The molecule has 0 aliphatic heterocycles. The molecule has 0 bridgehead atoms. The molecule has 0 fully saturated rings. The van der Waals surface area contributed by atoms with Gasteiger partial charge < -0.3 is 10.1 Å². The van der Waals surface area contributed by atoms with Gasteiger partial charge in [-0.3, -0.25) is 0 Å². The summed E-state index contributed by atoms with van der Waals surface area (Å²) in [6, 6.07) is 2.73. The number of benzene rings is 1. The second kappa shape index (κ2) is 6.40. The van der Waals surface area contributed by atoms with Crippen LogP contribution in [0.15, 0.2) is 12.1 Å². The SMILES string of the molecule is COCCNC(C)c1cc(F)c(Cl)cc1Cl. The summed E-state index contributed by atoms with van der Waals surface area (Å²) in [7, 11) is 1.63. The van der Waals surface area contributed by atoms with Gasteiger partial charge in [0.2, 0.25) is 0 Å². The molecule has 1 aromatic carbocycles. The summed E-state index contributed by atoms with van der Waals surface area (Å²) in [6.45, 7) is 3.18. The number of halogens is 3. The standard InChI is InChI=1S/C11H14Cl2FNO/c1-7(15-3-4-16-2)8-5-11(14)10(13)6-9(8)12/h5-7,15H,3-4H2,1-2H3. The van der Waals surface area contributed by atoms with Gasteiger partial charge in [-0.15, -0.1) is 0 Å². The van der Waals surface area contributed by atoms with E-state index in [9.17, 15) is 4.39 Å². The zero-order valence-electron chi connectivity index (χ0n) is 9.19. The van der Waals surface area contributed by atoms with Crippen molar-refractivity contribution >= 4 is 23.2 Å². The average molecular weight is 266 g/mol. The maximum Gasteiger partial charge on any atom is 0.142 e. The van der Waals surface area contributed by atoms with E-state index in [1.807, 2.05) is 6.92 Å². The lowest BCUT2D eigenvalue weighted by atomic mass is 10.1. The van der Waals surface area contributed by atoms with Crippen LogP contribution in [0, 0.1) is 5.82 Å². The van der Waals surface area contributed by atoms with Crippen molar-refractivity contribution in [2.45, 2.75) is 13.0 Å². The molecule has 0 heterocycles. The average Bonchev–Trinajstić information content (AvgIpc) is 2.23. The summed E-state index contributed by atoms with van der Waals surface area (Å²) in [5, 5.41) is 3.67. The summed E-state index contributed by atoms with van der Waals surface area (Å²) in [6.07, 6.45) is 0. The van der Waals surface area contributed by atoms with Gasteiger partial charge in [0.15, 0.2) is 0 Å². The van der Waals surface area contributed by atoms with Crippen LogP contribution in [0.1, 0.15) is 18.5 Å². The van der Waals surface area contributed by atoms with E-state index >= 15 is 0 Å². The molecule has 1 unspecified atom stereocenters. The van der Waals surface area contributed by atoms with E-state index in [0.717, 1.165) is 0 Å². The molecule has 2 nitrogen and oxygen atoms in total. The van der Waals surface area contributed by atoms with Crippen molar-refractivity contribution in [3.05, 3.63) is 33.6 Å². The summed E-state index contributed by atoms with van der Waals surface area (Å²) in [5.74, 6) is -0.457. The third kappa shape index (κ3) is 3.59. The van der Waals surface area contributed by atoms with E-state index in [-0.39, 0.29) is 11.1 Å². The van der Waals surface area contributed by atoms with Gasteiger partial charge in [0, 0.05) is 24.7 Å². The second-order valence-electron chi connectivity index (χ2n) is 3.46. The topological polar surface area (TPSA) is 21.3 Å². The van der Waals surface area contributed by atoms with Crippen molar-refractivity contribution in [2.24, 2.45) is 0 Å². The minimum Gasteiger partial charge on any atom is -0.383 e. The number of ether oxygens (including phenoxy) is 1. The molecule has 1 rings (SSSR count). The van der Waals surface area contributed by atoms with Gasteiger partial charge in [-0.05, 0) is 24.6 Å². The Kier molecular flexibility index (Phi) is 5.49. The number of methoxy groups -OCH3 is 1. The van der Waals surface area contributed by atoms with Crippen molar-refractivity contribution in [3.63, 3.8) is 0 Å². The quantitative estimate of drug-likeness (QED) is 0.651. The maximum atomic E-state index is 13.3. The number of hydrogen-bond donors (Lipinski definition) is 1. The molecule has 0 amide bonds. The Labute approximate surface area is 105 Å². The maximum absolute atomic E-state index is 13.3. The van der Waals surface area contributed by atoms with Crippen LogP contribution in [0.3, 0.4) is 0 Å². The first kappa shape index (κ1) is 13.7. The van der Waals surface area contributed by atoms with Crippen LogP contribution >= 0.6 is 23.2 Å². The predicted octanol–water partition coefficient (Wildman–Crippen LogP) is 3.43. The van der Waals surface area contributed by atoms with Crippen molar-refractivity contribution in [1.82, 2.24) is 5.32 Å². The molecule has 0 aliphatic carbocycles. The van der Waals surface area contributed by atoms with Crippen LogP contribution in [0.2, 0.25) is 10.0 Å². The molecule has 1 atom stereocenters. The fourth-order valence-electron chi connectivity index (χ4n) is 1.36. The fourth-order valence-corrected chi connectivity index (χ4v) is 1.90. The van der Waals surface area contributed by atoms with Crippen LogP contribution in [0.4, 0.5) is 4.39 Å².